The van der Waals surface area contributed by atoms with Crippen molar-refractivity contribution in [2.24, 2.45) is 0 Å². The lowest BCUT2D eigenvalue weighted by Crippen LogP contribution is -2.25. The van der Waals surface area contributed by atoms with E-state index in [1.165, 1.54) is 5.56 Å². The van der Waals surface area contributed by atoms with Gasteiger partial charge in [-0.15, -0.1) is 0 Å². The summed E-state index contributed by atoms with van der Waals surface area (Å²) in [7, 11) is -3.31. The third-order valence-corrected chi connectivity index (χ3v) is 5.05. The van der Waals surface area contributed by atoms with E-state index in [-0.39, 0.29) is 4.73 Å². The summed E-state index contributed by atoms with van der Waals surface area (Å²) in [4.78, 5) is 0. The molecule has 0 saturated carbocycles. The molecule has 1 aromatic carbocycles. The maximum atomic E-state index is 12.3. The number of hydrogen-bond donors (Lipinski definition) is 1. The third kappa shape index (κ3) is 5.41. The van der Waals surface area contributed by atoms with E-state index in [1.54, 1.807) is 13.8 Å². The zero-order chi connectivity index (χ0) is 14.1. The highest BCUT2D eigenvalue weighted by molar-refractivity contribution is 7.97. The van der Waals surface area contributed by atoms with E-state index in [1.807, 2.05) is 30.3 Å². The highest BCUT2D eigenvalue weighted by Gasteiger charge is 2.29. The highest BCUT2D eigenvalue weighted by Crippen LogP contribution is 2.48. The van der Waals surface area contributed by atoms with Gasteiger partial charge in [0.2, 0.25) is 0 Å². The molecule has 0 amide bonds. The average Bonchev–Trinajstić information content (AvgIpc) is 2.40. The Morgan fingerprint density at radius 1 is 1.21 bits per heavy atom. The standard InChI is InChI=1S/C13H20NO3PS/c1-3-16-18(15,17-4-2)13(19)14-11-10-12-8-6-5-7-9-12/h5-9H,3-4,10-11H2,1-2H3,(H,14,19). The first-order valence-electron chi connectivity index (χ1n) is 6.33. The predicted octanol–water partition coefficient (Wildman–Crippen LogP) is 3.37. The van der Waals surface area contributed by atoms with Crippen molar-refractivity contribution in [2.75, 3.05) is 19.8 Å². The Bertz CT molecular complexity index is 429. The molecule has 0 spiro atoms. The van der Waals surface area contributed by atoms with E-state index in [2.05, 4.69) is 5.32 Å². The molecule has 0 aliphatic rings. The molecule has 106 valence electrons. The van der Waals surface area contributed by atoms with Crippen LogP contribution in [0.3, 0.4) is 0 Å². The molecule has 19 heavy (non-hydrogen) atoms. The van der Waals surface area contributed by atoms with Crippen LogP contribution < -0.4 is 5.32 Å². The summed E-state index contributed by atoms with van der Waals surface area (Å²) < 4.78 is 22.8. The Morgan fingerprint density at radius 3 is 2.32 bits per heavy atom. The van der Waals surface area contributed by atoms with Crippen molar-refractivity contribution in [3.05, 3.63) is 35.9 Å². The molecule has 0 aliphatic heterocycles. The predicted molar refractivity (Wildman–Crippen MR) is 81.6 cm³/mol. The lowest BCUT2D eigenvalue weighted by Gasteiger charge is -2.18. The summed E-state index contributed by atoms with van der Waals surface area (Å²) >= 11 is 5.11. The maximum absolute atomic E-state index is 12.3. The zero-order valence-electron chi connectivity index (χ0n) is 11.3. The van der Waals surface area contributed by atoms with Gasteiger partial charge in [0.1, 0.15) is 0 Å². The summed E-state index contributed by atoms with van der Waals surface area (Å²) in [6, 6.07) is 10.0. The summed E-state index contributed by atoms with van der Waals surface area (Å²) in [6.07, 6.45) is 0.805. The van der Waals surface area contributed by atoms with Crippen LogP contribution in [0.15, 0.2) is 30.3 Å². The number of hydrogen-bond acceptors (Lipinski definition) is 4. The van der Waals surface area contributed by atoms with Crippen molar-refractivity contribution in [2.45, 2.75) is 20.3 Å². The number of rotatable bonds is 8. The van der Waals surface area contributed by atoms with Crippen LogP contribution in [0.2, 0.25) is 0 Å². The summed E-state index contributed by atoms with van der Waals surface area (Å²) in [5.74, 6) is 0. The number of thiocarbonyl (C=S) groups is 1. The Kier molecular flexibility index (Phi) is 7.24. The van der Waals surface area contributed by atoms with Crippen LogP contribution in [-0.2, 0) is 20.0 Å². The molecule has 0 unspecified atom stereocenters. The molecule has 0 atom stereocenters. The fraction of sp³-hybridized carbons (Fsp3) is 0.462. The Labute approximate surface area is 120 Å². The molecule has 0 fully saturated rings. The molecular formula is C13H20NO3PS. The summed E-state index contributed by atoms with van der Waals surface area (Å²) in [5.41, 5.74) is 1.19. The maximum Gasteiger partial charge on any atom is 0.388 e. The average molecular weight is 301 g/mol. The van der Waals surface area contributed by atoms with Crippen molar-refractivity contribution in [3.8, 4) is 0 Å². The second-order valence-electron chi connectivity index (χ2n) is 3.80. The Morgan fingerprint density at radius 2 is 1.79 bits per heavy atom. The van der Waals surface area contributed by atoms with E-state index in [9.17, 15) is 4.57 Å². The minimum absolute atomic E-state index is 0.159. The van der Waals surface area contributed by atoms with E-state index >= 15 is 0 Å². The van der Waals surface area contributed by atoms with Gasteiger partial charge in [0.15, 0.2) is 4.73 Å². The lowest BCUT2D eigenvalue weighted by molar-refractivity contribution is 0.232. The van der Waals surface area contributed by atoms with Crippen LogP contribution in [0.4, 0.5) is 0 Å². The Balaban J connectivity index is 2.47. The van der Waals surface area contributed by atoms with Gasteiger partial charge in [0.25, 0.3) is 0 Å². The molecule has 0 aliphatic carbocycles. The number of benzene rings is 1. The lowest BCUT2D eigenvalue weighted by atomic mass is 10.2. The normalized spacial score (nSPS) is 11.3. The van der Waals surface area contributed by atoms with Crippen LogP contribution in [0.1, 0.15) is 19.4 Å². The second-order valence-corrected chi connectivity index (χ2v) is 6.47. The Hall–Kier alpha value is -0.740. The van der Waals surface area contributed by atoms with Crippen LogP contribution in [0.25, 0.3) is 0 Å². The van der Waals surface area contributed by atoms with Gasteiger partial charge in [-0.25, -0.2) is 0 Å². The molecule has 6 heteroatoms. The molecule has 1 N–H and O–H groups in total. The van der Waals surface area contributed by atoms with Crippen LogP contribution in [0, 0.1) is 0 Å². The first kappa shape index (κ1) is 16.3. The van der Waals surface area contributed by atoms with Gasteiger partial charge < -0.3 is 14.4 Å². The monoisotopic (exact) mass is 301 g/mol. The molecule has 0 aromatic heterocycles. The topological polar surface area (TPSA) is 47.6 Å². The fourth-order valence-electron chi connectivity index (χ4n) is 1.55. The van der Waals surface area contributed by atoms with Crippen molar-refractivity contribution in [1.82, 2.24) is 5.32 Å². The van der Waals surface area contributed by atoms with Crippen LogP contribution in [0.5, 0.6) is 0 Å². The minimum Gasteiger partial charge on any atom is -0.369 e. The molecule has 4 nitrogen and oxygen atoms in total. The van der Waals surface area contributed by atoms with Crippen molar-refractivity contribution in [3.63, 3.8) is 0 Å². The summed E-state index contributed by atoms with van der Waals surface area (Å²) in [5, 5.41) is 2.96. The molecule has 0 heterocycles. The van der Waals surface area contributed by atoms with E-state index in [0.29, 0.717) is 19.8 Å². The summed E-state index contributed by atoms with van der Waals surface area (Å²) in [6.45, 7) is 4.74. The van der Waals surface area contributed by atoms with Gasteiger partial charge in [-0.2, -0.15) is 0 Å². The largest absolute Gasteiger partial charge is 0.388 e. The first-order valence-corrected chi connectivity index (χ1v) is 8.29. The minimum atomic E-state index is -3.31. The van der Waals surface area contributed by atoms with Gasteiger partial charge in [0, 0.05) is 6.54 Å². The molecule has 0 bridgehead atoms. The van der Waals surface area contributed by atoms with Gasteiger partial charge in [-0.05, 0) is 25.8 Å². The first-order chi connectivity index (χ1) is 9.12. The molecule has 0 radical (unpaired) electrons. The van der Waals surface area contributed by atoms with Gasteiger partial charge in [-0.3, -0.25) is 4.57 Å². The zero-order valence-corrected chi connectivity index (χ0v) is 13.0. The molecular weight excluding hydrogens is 281 g/mol. The van der Waals surface area contributed by atoms with Crippen LogP contribution in [-0.4, -0.2) is 24.5 Å². The van der Waals surface area contributed by atoms with E-state index in [4.69, 9.17) is 21.3 Å². The van der Waals surface area contributed by atoms with E-state index in [0.717, 1.165) is 6.42 Å². The van der Waals surface area contributed by atoms with Gasteiger partial charge in [0.05, 0.1) is 13.2 Å². The van der Waals surface area contributed by atoms with Crippen molar-refractivity contribution in [1.29, 1.82) is 0 Å². The SMILES string of the molecule is CCOP(=O)(OCC)C(=S)NCCc1ccccc1. The molecule has 0 saturated heterocycles. The smallest absolute Gasteiger partial charge is 0.369 e. The second kappa shape index (κ2) is 8.43. The van der Waals surface area contributed by atoms with Gasteiger partial charge in [-0.1, -0.05) is 42.5 Å². The molecule has 1 aromatic rings. The third-order valence-electron chi connectivity index (χ3n) is 2.38. The fourth-order valence-corrected chi connectivity index (χ4v) is 3.26. The van der Waals surface area contributed by atoms with Gasteiger partial charge >= 0.3 is 7.60 Å². The number of nitrogens with one attached hydrogen (secondary N) is 1. The van der Waals surface area contributed by atoms with Crippen LogP contribution >= 0.6 is 19.8 Å². The van der Waals surface area contributed by atoms with Crippen molar-refractivity contribution < 1.29 is 13.6 Å². The van der Waals surface area contributed by atoms with E-state index < -0.39 is 7.60 Å². The van der Waals surface area contributed by atoms with Crippen molar-refractivity contribution >= 4 is 24.5 Å². The highest BCUT2D eigenvalue weighted by atomic mass is 32.1. The quantitative estimate of drug-likeness (QED) is 0.589. The molecule has 1 rings (SSSR count).